The van der Waals surface area contributed by atoms with Crippen molar-refractivity contribution in [1.29, 1.82) is 0 Å². The molecule has 1 fully saturated rings. The van der Waals surface area contributed by atoms with Gasteiger partial charge in [-0.2, -0.15) is 4.98 Å². The molecule has 1 N–H and O–H groups in total. The number of hydrogen-bond donors (Lipinski definition) is 1. The molecule has 0 spiro atoms. The Bertz CT molecular complexity index is 694. The average molecular weight is 345 g/mol. The summed E-state index contributed by atoms with van der Waals surface area (Å²) < 4.78 is 10.6. The van der Waals surface area contributed by atoms with Crippen LogP contribution in [0.4, 0.5) is 0 Å². The van der Waals surface area contributed by atoms with E-state index in [4.69, 9.17) is 9.26 Å². The molecular formula is C19H27N3O3. The number of benzene rings is 1. The summed E-state index contributed by atoms with van der Waals surface area (Å²) in [6, 6.07) is 7.64. The quantitative estimate of drug-likeness (QED) is 0.867. The van der Waals surface area contributed by atoms with Crippen molar-refractivity contribution in [2.24, 2.45) is 0 Å². The van der Waals surface area contributed by atoms with Crippen molar-refractivity contribution in [3.63, 3.8) is 0 Å². The van der Waals surface area contributed by atoms with Crippen molar-refractivity contribution in [3.8, 4) is 5.75 Å². The lowest BCUT2D eigenvalue weighted by Gasteiger charge is -2.36. The highest BCUT2D eigenvalue weighted by Gasteiger charge is 2.41. The normalized spacial score (nSPS) is 20.8. The van der Waals surface area contributed by atoms with Crippen molar-refractivity contribution in [2.75, 3.05) is 13.7 Å². The van der Waals surface area contributed by atoms with Gasteiger partial charge in [0.15, 0.2) is 5.82 Å². The molecule has 2 atom stereocenters. The van der Waals surface area contributed by atoms with Gasteiger partial charge in [0, 0.05) is 12.0 Å². The van der Waals surface area contributed by atoms with Crippen molar-refractivity contribution >= 4 is 0 Å². The zero-order valence-corrected chi connectivity index (χ0v) is 15.4. The molecule has 0 radical (unpaired) electrons. The van der Waals surface area contributed by atoms with Crippen molar-refractivity contribution in [1.82, 2.24) is 15.0 Å². The summed E-state index contributed by atoms with van der Waals surface area (Å²) in [5.74, 6) is 2.37. The second kappa shape index (κ2) is 7.14. The van der Waals surface area contributed by atoms with Gasteiger partial charge in [0.2, 0.25) is 5.89 Å². The van der Waals surface area contributed by atoms with Gasteiger partial charge in [0.05, 0.1) is 13.7 Å². The molecule has 0 aliphatic carbocycles. The number of aliphatic hydroxyl groups is 1. The Hall–Kier alpha value is -1.92. The fourth-order valence-corrected chi connectivity index (χ4v) is 3.51. The van der Waals surface area contributed by atoms with Gasteiger partial charge < -0.3 is 14.4 Å². The number of methoxy groups -OCH3 is 1. The summed E-state index contributed by atoms with van der Waals surface area (Å²) in [5.41, 5.74) is -0.0671. The van der Waals surface area contributed by atoms with E-state index in [9.17, 15) is 5.11 Å². The fourth-order valence-electron chi connectivity index (χ4n) is 3.51. The number of likely N-dealkylation sites (tertiary alicyclic amines) is 1. The molecule has 2 aromatic rings. The van der Waals surface area contributed by atoms with Crippen LogP contribution in [0.15, 0.2) is 28.8 Å². The maximum absolute atomic E-state index is 11.2. The van der Waals surface area contributed by atoms with Crippen LogP contribution in [0.5, 0.6) is 5.75 Å². The first-order valence-corrected chi connectivity index (χ1v) is 8.85. The number of nitrogens with zero attached hydrogens (tertiary/aromatic N) is 3. The molecule has 2 heterocycles. The molecule has 136 valence electrons. The summed E-state index contributed by atoms with van der Waals surface area (Å²) in [6.45, 7) is 7.45. The molecule has 25 heavy (non-hydrogen) atoms. The first kappa shape index (κ1) is 17.9. The summed E-state index contributed by atoms with van der Waals surface area (Å²) in [7, 11) is 1.64. The first-order chi connectivity index (χ1) is 11.9. The van der Waals surface area contributed by atoms with Gasteiger partial charge in [-0.05, 0) is 44.0 Å². The standard InChI is InChI=1S/C19H27N3O3/c1-13(2)18-20-17(25-21-18)12-22-11-5-6-16(22)19(3,23)14-7-9-15(24-4)10-8-14/h7-10,13,16,23H,5-6,11-12H2,1-4H3/t16-,19-/m1/s1. The Balaban J connectivity index is 1.76. The van der Waals surface area contributed by atoms with Gasteiger partial charge >= 0.3 is 0 Å². The third-order valence-corrected chi connectivity index (χ3v) is 5.03. The van der Waals surface area contributed by atoms with E-state index in [0.29, 0.717) is 12.4 Å². The lowest BCUT2D eigenvalue weighted by atomic mass is 9.86. The van der Waals surface area contributed by atoms with E-state index in [-0.39, 0.29) is 12.0 Å². The van der Waals surface area contributed by atoms with E-state index in [1.807, 2.05) is 45.0 Å². The molecular weight excluding hydrogens is 318 g/mol. The van der Waals surface area contributed by atoms with Crippen LogP contribution in [-0.2, 0) is 12.1 Å². The molecule has 0 saturated carbocycles. The average Bonchev–Trinajstić information content (AvgIpc) is 3.25. The Kier molecular flexibility index (Phi) is 5.11. The second-order valence-corrected chi connectivity index (χ2v) is 7.21. The van der Waals surface area contributed by atoms with Gasteiger partial charge in [0.25, 0.3) is 0 Å². The molecule has 1 aliphatic heterocycles. The zero-order chi connectivity index (χ0) is 18.0. The highest BCUT2D eigenvalue weighted by atomic mass is 16.5. The monoisotopic (exact) mass is 345 g/mol. The molecule has 0 bridgehead atoms. The van der Waals surface area contributed by atoms with E-state index >= 15 is 0 Å². The maximum atomic E-state index is 11.2. The van der Waals surface area contributed by atoms with E-state index in [1.54, 1.807) is 7.11 Å². The highest BCUT2D eigenvalue weighted by Crippen LogP contribution is 2.36. The molecule has 0 unspecified atom stereocenters. The first-order valence-electron chi connectivity index (χ1n) is 8.85. The minimum absolute atomic E-state index is 0.00953. The van der Waals surface area contributed by atoms with Gasteiger partial charge in [-0.3, -0.25) is 4.90 Å². The van der Waals surface area contributed by atoms with Gasteiger partial charge in [-0.1, -0.05) is 31.1 Å². The van der Waals surface area contributed by atoms with Gasteiger partial charge in [-0.15, -0.1) is 0 Å². The van der Waals surface area contributed by atoms with Gasteiger partial charge in [-0.25, -0.2) is 0 Å². The molecule has 6 nitrogen and oxygen atoms in total. The summed E-state index contributed by atoms with van der Waals surface area (Å²) >= 11 is 0. The lowest BCUT2D eigenvalue weighted by molar-refractivity contribution is -0.0278. The molecule has 0 amide bonds. The van der Waals surface area contributed by atoms with Crippen LogP contribution in [-0.4, -0.2) is 39.8 Å². The SMILES string of the molecule is COc1ccc([C@@](C)(O)[C@H]2CCCN2Cc2nc(C(C)C)no2)cc1. The second-order valence-electron chi connectivity index (χ2n) is 7.21. The summed E-state index contributed by atoms with van der Waals surface area (Å²) in [6.07, 6.45) is 1.98. The Labute approximate surface area is 148 Å². The van der Waals surface area contributed by atoms with E-state index < -0.39 is 5.60 Å². The molecule has 3 rings (SSSR count). The van der Waals surface area contributed by atoms with Crippen LogP contribution in [0.2, 0.25) is 0 Å². The van der Waals surface area contributed by atoms with Crippen LogP contribution in [0.1, 0.15) is 56.8 Å². The van der Waals surface area contributed by atoms with Crippen LogP contribution in [0.3, 0.4) is 0 Å². The predicted octanol–water partition coefficient (Wildman–Crippen LogP) is 3.07. The van der Waals surface area contributed by atoms with Crippen molar-refractivity contribution in [3.05, 3.63) is 41.5 Å². The number of rotatable bonds is 6. The van der Waals surface area contributed by atoms with E-state index in [2.05, 4.69) is 15.0 Å². The van der Waals surface area contributed by atoms with Crippen molar-refractivity contribution in [2.45, 2.75) is 57.7 Å². The summed E-state index contributed by atoms with van der Waals surface area (Å²) in [4.78, 5) is 6.71. The van der Waals surface area contributed by atoms with Crippen LogP contribution in [0.25, 0.3) is 0 Å². The molecule has 6 heteroatoms. The Morgan fingerprint density at radius 2 is 2.08 bits per heavy atom. The topological polar surface area (TPSA) is 71.6 Å². The number of aromatic nitrogens is 2. The minimum atomic E-state index is -0.955. The lowest BCUT2D eigenvalue weighted by Crippen LogP contribution is -2.45. The van der Waals surface area contributed by atoms with Crippen molar-refractivity contribution < 1.29 is 14.4 Å². The smallest absolute Gasteiger partial charge is 0.240 e. The summed E-state index contributed by atoms with van der Waals surface area (Å²) in [5, 5.41) is 15.3. The van der Waals surface area contributed by atoms with Crippen LogP contribution in [0, 0.1) is 0 Å². The number of hydrogen-bond acceptors (Lipinski definition) is 6. The van der Waals surface area contributed by atoms with E-state index in [1.165, 1.54) is 0 Å². The third-order valence-electron chi connectivity index (χ3n) is 5.03. The Morgan fingerprint density at radius 1 is 1.36 bits per heavy atom. The molecule has 1 aromatic heterocycles. The number of ether oxygens (including phenoxy) is 1. The third kappa shape index (κ3) is 3.70. The maximum Gasteiger partial charge on any atom is 0.240 e. The predicted molar refractivity (Wildman–Crippen MR) is 94.4 cm³/mol. The van der Waals surface area contributed by atoms with Gasteiger partial charge in [0.1, 0.15) is 11.4 Å². The zero-order valence-electron chi connectivity index (χ0n) is 15.4. The molecule has 1 saturated heterocycles. The van der Waals surface area contributed by atoms with Crippen LogP contribution >= 0.6 is 0 Å². The van der Waals surface area contributed by atoms with E-state index in [0.717, 1.165) is 36.5 Å². The van der Waals surface area contributed by atoms with Crippen LogP contribution < -0.4 is 4.74 Å². The fraction of sp³-hybridized carbons (Fsp3) is 0.579. The molecule has 1 aliphatic rings. The largest absolute Gasteiger partial charge is 0.497 e. The Morgan fingerprint density at radius 3 is 2.68 bits per heavy atom. The molecule has 1 aromatic carbocycles. The highest BCUT2D eigenvalue weighted by molar-refractivity contribution is 5.31. The minimum Gasteiger partial charge on any atom is -0.497 e.